The number of hydrogen-bond acceptors (Lipinski definition) is 4. The maximum atomic E-state index is 12.8. The van der Waals surface area contributed by atoms with Crippen LogP contribution in [-0.4, -0.2) is 60.1 Å². The van der Waals surface area contributed by atoms with E-state index in [-0.39, 0.29) is 24.4 Å². The highest BCUT2D eigenvalue weighted by molar-refractivity contribution is 7.98. The molecule has 1 unspecified atom stereocenters. The van der Waals surface area contributed by atoms with Gasteiger partial charge in [-0.15, -0.1) is 11.8 Å². The molecule has 2 saturated heterocycles. The summed E-state index contributed by atoms with van der Waals surface area (Å²) >= 11 is 1.68. The van der Waals surface area contributed by atoms with Crippen LogP contribution >= 0.6 is 11.8 Å². The minimum absolute atomic E-state index is 0.0435. The van der Waals surface area contributed by atoms with Crippen molar-refractivity contribution in [2.45, 2.75) is 43.0 Å². The second kappa shape index (κ2) is 8.72. The van der Waals surface area contributed by atoms with Crippen molar-refractivity contribution in [2.75, 3.05) is 37.8 Å². The molecule has 2 amide bonds. The number of thioether (sulfide) groups is 1. The normalized spacial score (nSPS) is 21.3. The molecule has 2 fully saturated rings. The second-order valence-electron chi connectivity index (χ2n) is 6.79. The predicted molar refractivity (Wildman–Crippen MR) is 102 cm³/mol. The number of nitrogens with zero attached hydrogens (tertiary/aromatic N) is 2. The summed E-state index contributed by atoms with van der Waals surface area (Å²) < 4.78 is 0. The first-order valence-electron chi connectivity index (χ1n) is 9.14. The van der Waals surface area contributed by atoms with E-state index in [9.17, 15) is 9.59 Å². The molecule has 3 rings (SSSR count). The van der Waals surface area contributed by atoms with E-state index < -0.39 is 0 Å². The number of hydrogen-bond donors (Lipinski definition) is 1. The quantitative estimate of drug-likeness (QED) is 0.820. The van der Waals surface area contributed by atoms with Gasteiger partial charge in [0.25, 0.3) is 0 Å². The monoisotopic (exact) mass is 361 g/mol. The van der Waals surface area contributed by atoms with E-state index in [0.717, 1.165) is 57.4 Å². The van der Waals surface area contributed by atoms with Gasteiger partial charge in [0, 0.05) is 23.7 Å². The van der Waals surface area contributed by atoms with Crippen LogP contribution in [0.5, 0.6) is 0 Å². The Labute approximate surface area is 154 Å². The van der Waals surface area contributed by atoms with Gasteiger partial charge in [0.1, 0.15) is 0 Å². The molecule has 1 aromatic carbocycles. The fraction of sp³-hybridized carbons (Fsp3) is 0.579. The standard InChI is InChI=1S/C19H27N3O2S/c1-25-16-9-7-15(8-10-16)20-18(23)14-22-13-3-2-6-17(22)19(24)21-11-4-5-12-21/h7-10,17H,2-6,11-14H2,1H3,(H,20,23). The lowest BCUT2D eigenvalue weighted by Crippen LogP contribution is -2.52. The van der Waals surface area contributed by atoms with Crippen molar-refractivity contribution in [3.8, 4) is 0 Å². The van der Waals surface area contributed by atoms with Gasteiger partial charge in [0.2, 0.25) is 11.8 Å². The number of amides is 2. The third-order valence-corrected chi connectivity index (χ3v) is 5.78. The molecule has 0 bridgehead atoms. The van der Waals surface area contributed by atoms with Gasteiger partial charge in [-0.1, -0.05) is 6.42 Å². The summed E-state index contributed by atoms with van der Waals surface area (Å²) in [6.45, 7) is 2.85. The van der Waals surface area contributed by atoms with Crippen molar-refractivity contribution in [2.24, 2.45) is 0 Å². The van der Waals surface area contributed by atoms with Crippen LogP contribution in [0, 0.1) is 0 Å². The fourth-order valence-electron chi connectivity index (χ4n) is 3.67. The average Bonchev–Trinajstić information content (AvgIpc) is 3.17. The van der Waals surface area contributed by atoms with Crippen LogP contribution in [0.3, 0.4) is 0 Å². The molecule has 136 valence electrons. The first kappa shape index (κ1) is 18.3. The molecular weight excluding hydrogens is 334 g/mol. The Morgan fingerprint density at radius 1 is 1.08 bits per heavy atom. The summed E-state index contributed by atoms with van der Waals surface area (Å²) in [7, 11) is 0. The van der Waals surface area contributed by atoms with Crippen molar-refractivity contribution in [3.63, 3.8) is 0 Å². The molecule has 5 nitrogen and oxygen atoms in total. The molecule has 1 N–H and O–H groups in total. The first-order chi connectivity index (χ1) is 12.2. The Morgan fingerprint density at radius 3 is 2.44 bits per heavy atom. The number of carbonyl (C=O) groups is 2. The molecular formula is C19H27N3O2S. The van der Waals surface area contributed by atoms with Gasteiger partial charge in [0.05, 0.1) is 12.6 Å². The van der Waals surface area contributed by atoms with Gasteiger partial charge in [-0.3, -0.25) is 14.5 Å². The zero-order valence-corrected chi connectivity index (χ0v) is 15.7. The Bertz CT molecular complexity index is 599. The smallest absolute Gasteiger partial charge is 0.239 e. The van der Waals surface area contributed by atoms with Crippen molar-refractivity contribution in [1.29, 1.82) is 0 Å². The van der Waals surface area contributed by atoms with Crippen LogP contribution in [0.1, 0.15) is 32.1 Å². The van der Waals surface area contributed by atoms with E-state index in [0.29, 0.717) is 0 Å². The number of likely N-dealkylation sites (tertiary alicyclic amines) is 2. The lowest BCUT2D eigenvalue weighted by Gasteiger charge is -2.36. The minimum Gasteiger partial charge on any atom is -0.341 e. The number of nitrogens with one attached hydrogen (secondary N) is 1. The summed E-state index contributed by atoms with van der Waals surface area (Å²) in [5.41, 5.74) is 0.808. The molecule has 1 atom stereocenters. The SMILES string of the molecule is CSc1ccc(NC(=O)CN2CCCCC2C(=O)N2CCCC2)cc1. The largest absolute Gasteiger partial charge is 0.341 e. The molecule has 25 heavy (non-hydrogen) atoms. The van der Waals surface area contributed by atoms with Crippen LogP contribution in [0.4, 0.5) is 5.69 Å². The number of carbonyl (C=O) groups excluding carboxylic acids is 2. The zero-order chi connectivity index (χ0) is 17.6. The van der Waals surface area contributed by atoms with E-state index >= 15 is 0 Å². The molecule has 0 radical (unpaired) electrons. The van der Waals surface area contributed by atoms with E-state index in [4.69, 9.17) is 0 Å². The van der Waals surface area contributed by atoms with E-state index in [2.05, 4.69) is 10.2 Å². The van der Waals surface area contributed by atoms with Gasteiger partial charge in [-0.2, -0.15) is 0 Å². The topological polar surface area (TPSA) is 52.7 Å². The first-order valence-corrected chi connectivity index (χ1v) is 10.4. The maximum Gasteiger partial charge on any atom is 0.239 e. The lowest BCUT2D eigenvalue weighted by atomic mass is 10.0. The summed E-state index contributed by atoms with van der Waals surface area (Å²) in [5, 5.41) is 2.95. The maximum absolute atomic E-state index is 12.8. The second-order valence-corrected chi connectivity index (χ2v) is 7.67. The van der Waals surface area contributed by atoms with Gasteiger partial charge < -0.3 is 10.2 Å². The molecule has 2 aliphatic heterocycles. The molecule has 0 aromatic heterocycles. The van der Waals surface area contributed by atoms with Crippen molar-refractivity contribution in [1.82, 2.24) is 9.80 Å². The highest BCUT2D eigenvalue weighted by Crippen LogP contribution is 2.22. The fourth-order valence-corrected chi connectivity index (χ4v) is 4.08. The molecule has 0 aliphatic carbocycles. The molecule has 1 aromatic rings. The highest BCUT2D eigenvalue weighted by Gasteiger charge is 2.33. The Kier molecular flexibility index (Phi) is 6.37. The van der Waals surface area contributed by atoms with Gasteiger partial charge >= 0.3 is 0 Å². The minimum atomic E-state index is -0.128. The zero-order valence-electron chi connectivity index (χ0n) is 14.9. The summed E-state index contributed by atoms with van der Waals surface area (Å²) in [6.07, 6.45) is 7.22. The predicted octanol–water partition coefficient (Wildman–Crippen LogP) is 2.82. The van der Waals surface area contributed by atoms with Gasteiger partial charge in [-0.05, 0) is 62.7 Å². The van der Waals surface area contributed by atoms with Crippen LogP contribution < -0.4 is 5.32 Å². The van der Waals surface area contributed by atoms with Gasteiger partial charge in [0.15, 0.2) is 0 Å². The summed E-state index contributed by atoms with van der Waals surface area (Å²) in [6, 6.07) is 7.72. The van der Waals surface area contributed by atoms with Crippen LogP contribution in [0.2, 0.25) is 0 Å². The number of piperidine rings is 1. The van der Waals surface area contributed by atoms with E-state index in [1.54, 1.807) is 11.8 Å². The summed E-state index contributed by atoms with van der Waals surface area (Å²) in [4.78, 5) is 30.4. The molecule has 2 heterocycles. The van der Waals surface area contributed by atoms with Crippen molar-refractivity contribution < 1.29 is 9.59 Å². The number of rotatable bonds is 5. The Balaban J connectivity index is 1.58. The number of benzene rings is 1. The van der Waals surface area contributed by atoms with Crippen molar-refractivity contribution in [3.05, 3.63) is 24.3 Å². The molecule has 0 spiro atoms. The van der Waals surface area contributed by atoms with E-state index in [1.807, 2.05) is 35.4 Å². The van der Waals surface area contributed by atoms with Crippen LogP contribution in [0.15, 0.2) is 29.2 Å². The van der Waals surface area contributed by atoms with Crippen molar-refractivity contribution >= 4 is 29.3 Å². The lowest BCUT2D eigenvalue weighted by molar-refractivity contribution is -0.137. The summed E-state index contributed by atoms with van der Waals surface area (Å²) in [5.74, 6) is 0.173. The Morgan fingerprint density at radius 2 is 1.76 bits per heavy atom. The molecule has 6 heteroatoms. The molecule has 0 saturated carbocycles. The van der Waals surface area contributed by atoms with E-state index in [1.165, 1.54) is 4.90 Å². The average molecular weight is 362 g/mol. The third-order valence-electron chi connectivity index (χ3n) is 5.04. The molecule has 2 aliphatic rings. The van der Waals surface area contributed by atoms with Crippen LogP contribution in [0.25, 0.3) is 0 Å². The Hall–Kier alpha value is -1.53. The highest BCUT2D eigenvalue weighted by atomic mass is 32.2. The number of anilines is 1. The van der Waals surface area contributed by atoms with Gasteiger partial charge in [-0.25, -0.2) is 0 Å². The third kappa shape index (κ3) is 4.76. The van der Waals surface area contributed by atoms with Crippen LogP contribution in [-0.2, 0) is 9.59 Å².